The average molecular weight is 245 g/mol. The SMILES string of the molecule is COCCN=C(NN)NC(CN(C)C)C(C)C. The van der Waals surface area contributed by atoms with Crippen LogP contribution in [0.3, 0.4) is 0 Å². The molecule has 6 heteroatoms. The van der Waals surface area contributed by atoms with E-state index in [2.05, 4.69) is 48.6 Å². The van der Waals surface area contributed by atoms with Gasteiger partial charge in [-0.15, -0.1) is 0 Å². The molecule has 0 rings (SSSR count). The first-order valence-corrected chi connectivity index (χ1v) is 5.92. The predicted octanol–water partition coefficient (Wildman–Crippen LogP) is -0.372. The predicted molar refractivity (Wildman–Crippen MR) is 71.8 cm³/mol. The number of nitrogens with zero attached hydrogens (tertiary/aromatic N) is 2. The number of ether oxygens (including phenoxy) is 1. The van der Waals surface area contributed by atoms with Gasteiger partial charge in [-0.25, -0.2) is 10.8 Å². The molecule has 1 atom stereocenters. The molecule has 0 aromatic carbocycles. The summed E-state index contributed by atoms with van der Waals surface area (Å²) >= 11 is 0. The van der Waals surface area contributed by atoms with Gasteiger partial charge in [-0.3, -0.25) is 5.43 Å². The van der Waals surface area contributed by atoms with Crippen molar-refractivity contribution in [3.63, 3.8) is 0 Å². The fraction of sp³-hybridized carbons (Fsp3) is 0.909. The van der Waals surface area contributed by atoms with Gasteiger partial charge in [-0.1, -0.05) is 13.8 Å². The van der Waals surface area contributed by atoms with Crippen molar-refractivity contribution in [2.24, 2.45) is 16.8 Å². The van der Waals surface area contributed by atoms with E-state index in [1.54, 1.807) is 7.11 Å². The van der Waals surface area contributed by atoms with Crippen molar-refractivity contribution in [3.05, 3.63) is 0 Å². The number of guanidine groups is 1. The summed E-state index contributed by atoms with van der Waals surface area (Å²) in [5, 5.41) is 3.31. The van der Waals surface area contributed by atoms with Crippen molar-refractivity contribution in [2.75, 3.05) is 40.9 Å². The minimum Gasteiger partial charge on any atom is -0.383 e. The Labute approximate surface area is 105 Å². The van der Waals surface area contributed by atoms with Crippen molar-refractivity contribution >= 4 is 5.96 Å². The van der Waals surface area contributed by atoms with Gasteiger partial charge in [0.25, 0.3) is 0 Å². The number of aliphatic imine (C=N–C) groups is 1. The summed E-state index contributed by atoms with van der Waals surface area (Å²) in [6.07, 6.45) is 0. The topological polar surface area (TPSA) is 74.9 Å². The molecule has 102 valence electrons. The Morgan fingerprint density at radius 2 is 2.06 bits per heavy atom. The van der Waals surface area contributed by atoms with Crippen LogP contribution in [0.15, 0.2) is 4.99 Å². The van der Waals surface area contributed by atoms with Gasteiger partial charge in [0.15, 0.2) is 0 Å². The number of methoxy groups -OCH3 is 1. The molecule has 0 bridgehead atoms. The molecule has 17 heavy (non-hydrogen) atoms. The van der Waals surface area contributed by atoms with Gasteiger partial charge < -0.3 is 15.0 Å². The molecular weight excluding hydrogens is 218 g/mol. The molecule has 1 unspecified atom stereocenters. The Hall–Kier alpha value is -0.850. The van der Waals surface area contributed by atoms with Crippen LogP contribution in [0.2, 0.25) is 0 Å². The number of hydrogen-bond donors (Lipinski definition) is 3. The molecule has 0 saturated carbocycles. The molecule has 4 N–H and O–H groups in total. The number of hydrazine groups is 1. The minimum absolute atomic E-state index is 0.308. The summed E-state index contributed by atoms with van der Waals surface area (Å²) in [4.78, 5) is 6.43. The maximum Gasteiger partial charge on any atom is 0.206 e. The molecule has 0 aliphatic rings. The zero-order chi connectivity index (χ0) is 13.3. The van der Waals surface area contributed by atoms with Crippen LogP contribution in [0, 0.1) is 5.92 Å². The van der Waals surface area contributed by atoms with Crippen LogP contribution in [0.5, 0.6) is 0 Å². The first-order valence-electron chi connectivity index (χ1n) is 5.92. The van der Waals surface area contributed by atoms with E-state index in [-0.39, 0.29) is 0 Å². The minimum atomic E-state index is 0.308. The molecule has 0 aliphatic heterocycles. The second kappa shape index (κ2) is 9.21. The Kier molecular flexibility index (Phi) is 8.75. The molecule has 0 amide bonds. The molecule has 0 spiro atoms. The second-order valence-corrected chi connectivity index (χ2v) is 4.62. The van der Waals surface area contributed by atoms with Gasteiger partial charge in [-0.05, 0) is 20.0 Å². The molecule has 0 radical (unpaired) electrons. The summed E-state index contributed by atoms with van der Waals surface area (Å²) in [7, 11) is 5.75. The van der Waals surface area contributed by atoms with E-state index < -0.39 is 0 Å². The highest BCUT2D eigenvalue weighted by atomic mass is 16.5. The summed E-state index contributed by atoms with van der Waals surface area (Å²) in [5.41, 5.74) is 2.58. The quantitative estimate of drug-likeness (QED) is 0.188. The lowest BCUT2D eigenvalue weighted by Gasteiger charge is -2.26. The van der Waals surface area contributed by atoms with Gasteiger partial charge in [0.2, 0.25) is 5.96 Å². The number of likely N-dealkylation sites (N-methyl/N-ethyl adjacent to an activating group) is 1. The highest BCUT2D eigenvalue weighted by Crippen LogP contribution is 2.02. The molecule has 0 aliphatic carbocycles. The molecule has 0 heterocycles. The van der Waals surface area contributed by atoms with E-state index >= 15 is 0 Å². The third-order valence-electron chi connectivity index (χ3n) is 2.39. The highest BCUT2D eigenvalue weighted by Gasteiger charge is 2.15. The third-order valence-corrected chi connectivity index (χ3v) is 2.39. The van der Waals surface area contributed by atoms with Crippen LogP contribution in [0.1, 0.15) is 13.8 Å². The summed E-state index contributed by atoms with van der Waals surface area (Å²) < 4.78 is 4.94. The normalized spacial score (nSPS) is 14.2. The lowest BCUT2D eigenvalue weighted by molar-refractivity contribution is 0.207. The van der Waals surface area contributed by atoms with Crippen molar-refractivity contribution in [1.29, 1.82) is 0 Å². The van der Waals surface area contributed by atoms with E-state index in [0.717, 1.165) is 6.54 Å². The van der Waals surface area contributed by atoms with E-state index in [0.29, 0.717) is 31.1 Å². The first kappa shape index (κ1) is 16.1. The van der Waals surface area contributed by atoms with Gasteiger partial charge in [-0.2, -0.15) is 0 Å². The lowest BCUT2D eigenvalue weighted by Crippen LogP contribution is -2.51. The molecule has 6 nitrogen and oxygen atoms in total. The van der Waals surface area contributed by atoms with Crippen molar-refractivity contribution in [1.82, 2.24) is 15.6 Å². The largest absolute Gasteiger partial charge is 0.383 e. The van der Waals surface area contributed by atoms with Gasteiger partial charge >= 0.3 is 0 Å². The Morgan fingerprint density at radius 3 is 2.47 bits per heavy atom. The van der Waals surface area contributed by atoms with Crippen LogP contribution in [-0.4, -0.2) is 57.8 Å². The Balaban J connectivity index is 4.32. The zero-order valence-corrected chi connectivity index (χ0v) is 11.7. The summed E-state index contributed by atoms with van der Waals surface area (Å²) in [5.74, 6) is 6.55. The van der Waals surface area contributed by atoms with Crippen molar-refractivity contribution in [3.8, 4) is 0 Å². The molecule has 0 fully saturated rings. The number of rotatable bonds is 7. The van der Waals surface area contributed by atoms with Crippen LogP contribution in [0.25, 0.3) is 0 Å². The van der Waals surface area contributed by atoms with Gasteiger partial charge in [0.05, 0.1) is 13.2 Å². The number of nitrogens with one attached hydrogen (secondary N) is 2. The fourth-order valence-corrected chi connectivity index (χ4v) is 1.37. The van der Waals surface area contributed by atoms with E-state index in [1.807, 2.05) is 0 Å². The Morgan fingerprint density at radius 1 is 1.41 bits per heavy atom. The van der Waals surface area contributed by atoms with Crippen LogP contribution in [0.4, 0.5) is 0 Å². The number of nitrogens with two attached hydrogens (primary N) is 1. The molecular formula is C11H27N5O. The van der Waals surface area contributed by atoms with Crippen LogP contribution >= 0.6 is 0 Å². The summed E-state index contributed by atoms with van der Waals surface area (Å²) in [6.45, 7) is 6.46. The molecule has 0 aromatic heterocycles. The number of hydrogen-bond acceptors (Lipinski definition) is 4. The van der Waals surface area contributed by atoms with E-state index in [4.69, 9.17) is 10.6 Å². The molecule has 0 aromatic rings. The maximum atomic E-state index is 5.44. The van der Waals surface area contributed by atoms with Crippen molar-refractivity contribution in [2.45, 2.75) is 19.9 Å². The van der Waals surface area contributed by atoms with Crippen LogP contribution < -0.4 is 16.6 Å². The molecule has 0 saturated heterocycles. The lowest BCUT2D eigenvalue weighted by atomic mass is 10.0. The average Bonchev–Trinajstić information content (AvgIpc) is 2.25. The van der Waals surface area contributed by atoms with Crippen LogP contribution in [-0.2, 0) is 4.74 Å². The van der Waals surface area contributed by atoms with Gasteiger partial charge in [0, 0.05) is 19.7 Å². The fourth-order valence-electron chi connectivity index (χ4n) is 1.37. The second-order valence-electron chi connectivity index (χ2n) is 4.62. The summed E-state index contributed by atoms with van der Waals surface area (Å²) in [6, 6.07) is 0.308. The maximum absolute atomic E-state index is 5.44. The van der Waals surface area contributed by atoms with Crippen molar-refractivity contribution < 1.29 is 4.74 Å². The third kappa shape index (κ3) is 7.95. The van der Waals surface area contributed by atoms with E-state index in [9.17, 15) is 0 Å². The first-order chi connectivity index (χ1) is 8.01. The standard InChI is InChI=1S/C11H27N5O/c1-9(2)10(8-16(3)4)14-11(15-12)13-6-7-17-5/h9-10H,6-8,12H2,1-5H3,(H2,13,14,15). The van der Waals surface area contributed by atoms with Gasteiger partial charge in [0.1, 0.15) is 0 Å². The Bertz CT molecular complexity index is 218. The van der Waals surface area contributed by atoms with E-state index in [1.165, 1.54) is 0 Å². The highest BCUT2D eigenvalue weighted by molar-refractivity contribution is 5.79. The monoisotopic (exact) mass is 245 g/mol. The zero-order valence-electron chi connectivity index (χ0n) is 11.7. The smallest absolute Gasteiger partial charge is 0.206 e.